The number of halogens is 1. The lowest BCUT2D eigenvalue weighted by Crippen LogP contribution is -2.38. The first kappa shape index (κ1) is 22.9. The molecule has 0 spiro atoms. The number of aryl methyl sites for hydroxylation is 2. The first-order chi connectivity index (χ1) is 15.3. The van der Waals surface area contributed by atoms with Crippen LogP contribution in [0, 0.1) is 13.8 Å². The monoisotopic (exact) mass is 483 g/mol. The Morgan fingerprint density at radius 3 is 2.62 bits per heavy atom. The maximum Gasteiger partial charge on any atom is 0.248 e. The van der Waals surface area contributed by atoms with Crippen molar-refractivity contribution in [1.29, 1.82) is 0 Å². The maximum atomic E-state index is 13.1. The third kappa shape index (κ3) is 4.57. The number of benzene rings is 1. The molecule has 0 N–H and O–H groups in total. The van der Waals surface area contributed by atoms with Crippen molar-refractivity contribution in [1.82, 2.24) is 14.4 Å². The lowest BCUT2D eigenvalue weighted by atomic mass is 10.1. The number of hydrogen-bond donors (Lipinski definition) is 0. The van der Waals surface area contributed by atoms with Gasteiger partial charge in [-0.05, 0) is 38.0 Å². The molecule has 0 radical (unpaired) electrons. The van der Waals surface area contributed by atoms with E-state index in [1.807, 2.05) is 0 Å². The van der Waals surface area contributed by atoms with Crippen LogP contribution < -0.4 is 9.47 Å². The highest BCUT2D eigenvalue weighted by molar-refractivity contribution is 7.89. The van der Waals surface area contributed by atoms with Crippen molar-refractivity contribution in [3.8, 4) is 11.5 Å². The zero-order chi connectivity index (χ0) is 22.9. The van der Waals surface area contributed by atoms with E-state index in [-0.39, 0.29) is 29.5 Å². The third-order valence-electron chi connectivity index (χ3n) is 5.59. The SMILES string of the molecule is Cc1noc(C)c1S(=O)(=O)N1CCCN(C(=O)Cc2cc(Cl)c3c(c2)OCCCO3)CC1. The molecule has 4 rings (SSSR count). The lowest BCUT2D eigenvalue weighted by molar-refractivity contribution is -0.130. The van der Waals surface area contributed by atoms with Crippen LogP contribution in [0.25, 0.3) is 0 Å². The van der Waals surface area contributed by atoms with Gasteiger partial charge in [0.15, 0.2) is 17.3 Å². The summed E-state index contributed by atoms with van der Waals surface area (Å²) >= 11 is 6.34. The van der Waals surface area contributed by atoms with E-state index in [1.165, 1.54) is 4.31 Å². The first-order valence-corrected chi connectivity index (χ1v) is 12.4. The Labute approximate surface area is 192 Å². The summed E-state index contributed by atoms with van der Waals surface area (Å²) in [5.74, 6) is 1.24. The number of amides is 1. The van der Waals surface area contributed by atoms with E-state index in [1.54, 1.807) is 30.9 Å². The Bertz CT molecular complexity index is 1100. The third-order valence-corrected chi connectivity index (χ3v) is 8.02. The molecule has 3 heterocycles. The van der Waals surface area contributed by atoms with Crippen LogP contribution >= 0.6 is 11.6 Å². The Morgan fingerprint density at radius 1 is 1.09 bits per heavy atom. The van der Waals surface area contributed by atoms with Gasteiger partial charge in [0.2, 0.25) is 15.9 Å². The van der Waals surface area contributed by atoms with Crippen molar-refractivity contribution in [3.63, 3.8) is 0 Å². The Kier molecular flexibility index (Phi) is 6.64. The number of rotatable bonds is 4. The number of ether oxygens (including phenoxy) is 2. The predicted molar refractivity (Wildman–Crippen MR) is 117 cm³/mol. The largest absolute Gasteiger partial charge is 0.489 e. The van der Waals surface area contributed by atoms with Gasteiger partial charge in [0.25, 0.3) is 0 Å². The first-order valence-electron chi connectivity index (χ1n) is 10.6. The number of hydrogen-bond acceptors (Lipinski definition) is 7. The van der Waals surface area contributed by atoms with Crippen LogP contribution in [-0.2, 0) is 21.2 Å². The number of nitrogens with zero attached hydrogens (tertiary/aromatic N) is 3. The summed E-state index contributed by atoms with van der Waals surface area (Å²) in [4.78, 5) is 14.8. The van der Waals surface area contributed by atoms with Crippen molar-refractivity contribution in [2.45, 2.75) is 38.0 Å². The van der Waals surface area contributed by atoms with Crippen LogP contribution in [0.2, 0.25) is 5.02 Å². The van der Waals surface area contributed by atoms with Crippen molar-refractivity contribution >= 4 is 27.5 Å². The van der Waals surface area contributed by atoms with Crippen LogP contribution in [0.15, 0.2) is 21.6 Å². The Morgan fingerprint density at radius 2 is 1.88 bits per heavy atom. The van der Waals surface area contributed by atoms with Gasteiger partial charge in [0.1, 0.15) is 10.6 Å². The highest BCUT2D eigenvalue weighted by atomic mass is 35.5. The van der Waals surface area contributed by atoms with Crippen LogP contribution in [-0.4, -0.2) is 68.1 Å². The fourth-order valence-electron chi connectivity index (χ4n) is 4.03. The number of fused-ring (bicyclic) bond motifs is 1. The second-order valence-corrected chi connectivity index (χ2v) is 10.2. The molecule has 2 aliphatic heterocycles. The van der Waals surface area contributed by atoms with Gasteiger partial charge in [0.05, 0.1) is 24.7 Å². The molecule has 0 bridgehead atoms. The molecule has 9 nitrogen and oxygen atoms in total. The summed E-state index contributed by atoms with van der Waals surface area (Å²) in [5, 5.41) is 4.18. The van der Waals surface area contributed by atoms with Gasteiger partial charge >= 0.3 is 0 Å². The van der Waals surface area contributed by atoms with E-state index in [9.17, 15) is 13.2 Å². The average molecular weight is 484 g/mol. The van der Waals surface area contributed by atoms with Crippen molar-refractivity contribution in [2.75, 3.05) is 39.4 Å². The van der Waals surface area contributed by atoms with Crippen molar-refractivity contribution in [2.24, 2.45) is 0 Å². The molecule has 1 fully saturated rings. The summed E-state index contributed by atoms with van der Waals surface area (Å²) < 4.78 is 44.0. The maximum absolute atomic E-state index is 13.1. The zero-order valence-corrected chi connectivity index (χ0v) is 19.7. The average Bonchev–Trinajstić information content (AvgIpc) is 2.96. The summed E-state index contributed by atoms with van der Waals surface area (Å²) in [6.45, 7) is 5.57. The topological polar surface area (TPSA) is 102 Å². The van der Waals surface area contributed by atoms with Gasteiger partial charge in [-0.1, -0.05) is 16.8 Å². The van der Waals surface area contributed by atoms with Gasteiger partial charge in [0, 0.05) is 32.6 Å². The quantitative estimate of drug-likeness (QED) is 0.658. The minimum absolute atomic E-state index is 0.0906. The fourth-order valence-corrected chi connectivity index (χ4v) is 6.08. The second kappa shape index (κ2) is 9.29. The molecule has 0 unspecified atom stereocenters. The van der Waals surface area contributed by atoms with Crippen LogP contribution in [0.4, 0.5) is 0 Å². The molecule has 1 amide bonds. The van der Waals surface area contributed by atoms with Crippen LogP contribution in [0.3, 0.4) is 0 Å². The van der Waals surface area contributed by atoms with Crippen LogP contribution in [0.1, 0.15) is 29.9 Å². The molecule has 0 saturated carbocycles. The molecule has 174 valence electrons. The molecular weight excluding hydrogens is 458 g/mol. The van der Waals surface area contributed by atoms with E-state index >= 15 is 0 Å². The van der Waals surface area contributed by atoms with E-state index in [2.05, 4.69) is 5.16 Å². The number of carbonyl (C=O) groups is 1. The second-order valence-electron chi connectivity index (χ2n) is 7.92. The van der Waals surface area contributed by atoms with E-state index in [0.717, 1.165) is 12.0 Å². The van der Waals surface area contributed by atoms with E-state index in [0.29, 0.717) is 61.5 Å². The Hall–Kier alpha value is -2.30. The summed E-state index contributed by atoms with van der Waals surface area (Å²) in [6, 6.07) is 3.51. The van der Waals surface area contributed by atoms with E-state index < -0.39 is 10.0 Å². The summed E-state index contributed by atoms with van der Waals surface area (Å²) in [5.41, 5.74) is 1.07. The number of carbonyl (C=O) groups excluding carboxylic acids is 1. The van der Waals surface area contributed by atoms with Gasteiger partial charge in [-0.2, -0.15) is 4.31 Å². The molecule has 1 saturated heterocycles. The van der Waals surface area contributed by atoms with Crippen molar-refractivity contribution in [3.05, 3.63) is 34.2 Å². The molecule has 2 aliphatic rings. The normalized spacial score (nSPS) is 17.7. The minimum atomic E-state index is -3.74. The highest BCUT2D eigenvalue weighted by Gasteiger charge is 2.33. The molecule has 32 heavy (non-hydrogen) atoms. The lowest BCUT2D eigenvalue weighted by Gasteiger charge is -2.22. The Balaban J connectivity index is 1.44. The summed E-state index contributed by atoms with van der Waals surface area (Å²) in [7, 11) is -3.74. The molecule has 0 atom stereocenters. The highest BCUT2D eigenvalue weighted by Crippen LogP contribution is 2.38. The van der Waals surface area contributed by atoms with Gasteiger partial charge in [-0.3, -0.25) is 4.79 Å². The number of aromatic nitrogens is 1. The molecule has 1 aromatic carbocycles. The minimum Gasteiger partial charge on any atom is -0.489 e. The predicted octanol–water partition coefficient (Wildman–Crippen LogP) is 2.57. The summed E-state index contributed by atoms with van der Waals surface area (Å²) in [6.07, 6.45) is 1.45. The van der Waals surface area contributed by atoms with Gasteiger partial charge < -0.3 is 18.9 Å². The molecular formula is C21H26ClN3O6S. The van der Waals surface area contributed by atoms with Crippen LogP contribution in [0.5, 0.6) is 11.5 Å². The molecule has 0 aliphatic carbocycles. The zero-order valence-electron chi connectivity index (χ0n) is 18.1. The van der Waals surface area contributed by atoms with Gasteiger partial charge in [-0.25, -0.2) is 8.42 Å². The molecule has 2 aromatic rings. The van der Waals surface area contributed by atoms with Gasteiger partial charge in [-0.15, -0.1) is 0 Å². The smallest absolute Gasteiger partial charge is 0.248 e. The standard InChI is InChI=1S/C21H26ClN3O6S/c1-14-21(15(2)31-23-14)32(27,28)25-6-3-5-24(7-8-25)19(26)13-16-11-17(22)20-18(12-16)29-9-4-10-30-20/h11-12H,3-10,13H2,1-2H3. The van der Waals surface area contributed by atoms with Crippen molar-refractivity contribution < 1.29 is 27.2 Å². The fraction of sp³-hybridized carbons (Fsp3) is 0.524. The molecule has 1 aromatic heterocycles. The molecule has 11 heteroatoms. The van der Waals surface area contributed by atoms with E-state index in [4.69, 9.17) is 25.6 Å². The number of sulfonamides is 1.